The van der Waals surface area contributed by atoms with Gasteiger partial charge in [0.05, 0.1) is 12.7 Å². The van der Waals surface area contributed by atoms with Crippen molar-refractivity contribution in [3.63, 3.8) is 0 Å². The molecule has 16 heavy (non-hydrogen) atoms. The van der Waals surface area contributed by atoms with Crippen molar-refractivity contribution in [2.75, 3.05) is 13.2 Å². The Labute approximate surface area is 96.8 Å². The zero-order valence-electron chi connectivity index (χ0n) is 10.1. The molecule has 0 amide bonds. The van der Waals surface area contributed by atoms with Crippen molar-refractivity contribution in [1.29, 1.82) is 0 Å². The van der Waals surface area contributed by atoms with Crippen LogP contribution in [0.4, 0.5) is 0 Å². The van der Waals surface area contributed by atoms with E-state index in [4.69, 9.17) is 4.74 Å². The van der Waals surface area contributed by atoms with E-state index in [0.29, 0.717) is 18.1 Å². The first kappa shape index (κ1) is 11.6. The number of likely N-dealkylation sites (N-methyl/N-ethyl adjacent to an activating group) is 1. The topological polar surface area (TPSA) is 49.9 Å². The second kappa shape index (κ2) is 5.46. The summed E-state index contributed by atoms with van der Waals surface area (Å²) < 4.78 is 5.64. The monoisotopic (exact) mass is 223 g/mol. The fourth-order valence-corrected chi connectivity index (χ4v) is 2.42. The van der Waals surface area contributed by atoms with Gasteiger partial charge in [0.2, 0.25) is 0 Å². The minimum Gasteiger partial charge on any atom is -0.378 e. The predicted molar refractivity (Wildman–Crippen MR) is 63.3 cm³/mol. The van der Waals surface area contributed by atoms with Gasteiger partial charge in [-0.25, -0.2) is 4.98 Å². The maximum absolute atomic E-state index is 5.64. The van der Waals surface area contributed by atoms with E-state index in [1.165, 1.54) is 0 Å². The number of ether oxygens (including phenoxy) is 1. The van der Waals surface area contributed by atoms with Crippen LogP contribution in [0.5, 0.6) is 0 Å². The molecule has 3 atom stereocenters. The van der Waals surface area contributed by atoms with Crippen molar-refractivity contribution in [3.05, 3.63) is 18.2 Å². The normalized spacial score (nSPS) is 27.1. The predicted octanol–water partition coefficient (Wildman–Crippen LogP) is 1.36. The van der Waals surface area contributed by atoms with Gasteiger partial charge in [-0.1, -0.05) is 6.92 Å². The second-order valence-corrected chi connectivity index (χ2v) is 4.54. The van der Waals surface area contributed by atoms with E-state index in [2.05, 4.69) is 29.1 Å². The number of aromatic nitrogens is 2. The molecule has 4 heteroatoms. The van der Waals surface area contributed by atoms with Crippen molar-refractivity contribution in [2.24, 2.45) is 5.92 Å². The highest BCUT2D eigenvalue weighted by Crippen LogP contribution is 2.23. The van der Waals surface area contributed by atoms with Gasteiger partial charge in [-0.3, -0.25) is 0 Å². The minimum absolute atomic E-state index is 0.405. The Hall–Kier alpha value is -0.870. The molecule has 90 valence electrons. The van der Waals surface area contributed by atoms with Crippen molar-refractivity contribution in [3.8, 4) is 0 Å². The molecular formula is C12H21N3O. The largest absolute Gasteiger partial charge is 0.378 e. The summed E-state index contributed by atoms with van der Waals surface area (Å²) in [5.41, 5.74) is 0. The average molecular weight is 223 g/mol. The fourth-order valence-electron chi connectivity index (χ4n) is 2.42. The van der Waals surface area contributed by atoms with Crippen LogP contribution in [0.1, 0.15) is 26.1 Å². The quantitative estimate of drug-likeness (QED) is 0.792. The highest BCUT2D eigenvalue weighted by atomic mass is 16.5. The number of hydrogen-bond acceptors (Lipinski definition) is 3. The summed E-state index contributed by atoms with van der Waals surface area (Å²) in [5.74, 6) is 1.67. The molecule has 0 saturated carbocycles. The molecule has 1 aromatic heterocycles. The van der Waals surface area contributed by atoms with Crippen LogP contribution in [-0.2, 0) is 11.2 Å². The summed E-state index contributed by atoms with van der Waals surface area (Å²) in [7, 11) is 0. The Morgan fingerprint density at radius 1 is 1.69 bits per heavy atom. The van der Waals surface area contributed by atoms with Gasteiger partial charge >= 0.3 is 0 Å². The third-order valence-electron chi connectivity index (χ3n) is 3.23. The van der Waals surface area contributed by atoms with Crippen LogP contribution >= 0.6 is 0 Å². The van der Waals surface area contributed by atoms with E-state index in [1.807, 2.05) is 12.4 Å². The van der Waals surface area contributed by atoms with Crippen LogP contribution in [0.2, 0.25) is 0 Å². The van der Waals surface area contributed by atoms with E-state index < -0.39 is 0 Å². The Bertz CT molecular complexity index is 299. The standard InChI is InChI=1S/C12H21N3O/c1-3-13-11(7-12-14-4-5-15-12)10-6-9(2)16-8-10/h4-5,9-11,13H,3,6-8H2,1-2H3,(H,14,15). The van der Waals surface area contributed by atoms with Gasteiger partial charge in [0.1, 0.15) is 5.82 Å². The molecule has 2 rings (SSSR count). The van der Waals surface area contributed by atoms with Crippen molar-refractivity contribution >= 4 is 0 Å². The highest BCUT2D eigenvalue weighted by molar-refractivity contribution is 4.94. The molecule has 0 aliphatic carbocycles. The van der Waals surface area contributed by atoms with Crippen molar-refractivity contribution < 1.29 is 4.74 Å². The third kappa shape index (κ3) is 2.83. The van der Waals surface area contributed by atoms with Gasteiger partial charge < -0.3 is 15.0 Å². The van der Waals surface area contributed by atoms with Crippen LogP contribution < -0.4 is 5.32 Å². The molecule has 0 radical (unpaired) electrons. The summed E-state index contributed by atoms with van der Waals surface area (Å²) >= 11 is 0. The second-order valence-electron chi connectivity index (χ2n) is 4.54. The van der Waals surface area contributed by atoms with E-state index in [1.54, 1.807) is 0 Å². The third-order valence-corrected chi connectivity index (χ3v) is 3.23. The summed E-state index contributed by atoms with van der Waals surface area (Å²) in [6, 6.07) is 0.473. The van der Waals surface area contributed by atoms with Gasteiger partial charge in [0.15, 0.2) is 0 Å². The van der Waals surface area contributed by atoms with Crippen LogP contribution in [0.25, 0.3) is 0 Å². The van der Waals surface area contributed by atoms with Gasteiger partial charge in [-0.05, 0) is 19.9 Å². The molecule has 0 aromatic carbocycles. The maximum atomic E-state index is 5.64. The van der Waals surface area contributed by atoms with Crippen LogP contribution in [-0.4, -0.2) is 35.3 Å². The summed E-state index contributed by atoms with van der Waals surface area (Å²) in [6.07, 6.45) is 6.21. The first-order chi connectivity index (χ1) is 7.79. The molecule has 3 unspecified atom stereocenters. The SMILES string of the molecule is CCNC(Cc1ncc[nH]1)C1COC(C)C1. The first-order valence-electron chi connectivity index (χ1n) is 6.12. The lowest BCUT2D eigenvalue weighted by Gasteiger charge is -2.22. The van der Waals surface area contributed by atoms with E-state index in [9.17, 15) is 0 Å². The van der Waals surface area contributed by atoms with Gasteiger partial charge in [0.25, 0.3) is 0 Å². The number of H-pyrrole nitrogens is 1. The van der Waals surface area contributed by atoms with Crippen LogP contribution in [0, 0.1) is 5.92 Å². The molecular weight excluding hydrogens is 202 g/mol. The fraction of sp³-hybridized carbons (Fsp3) is 0.750. The van der Waals surface area contributed by atoms with Crippen LogP contribution in [0.15, 0.2) is 12.4 Å². The molecule has 1 saturated heterocycles. The Morgan fingerprint density at radius 3 is 3.12 bits per heavy atom. The molecule has 1 fully saturated rings. The Kier molecular flexibility index (Phi) is 3.96. The number of imidazole rings is 1. The minimum atomic E-state index is 0.405. The molecule has 1 aliphatic heterocycles. The van der Waals surface area contributed by atoms with Crippen LogP contribution in [0.3, 0.4) is 0 Å². The lowest BCUT2D eigenvalue weighted by molar-refractivity contribution is 0.117. The van der Waals surface area contributed by atoms with Crippen molar-refractivity contribution in [1.82, 2.24) is 15.3 Å². The number of rotatable bonds is 5. The highest BCUT2D eigenvalue weighted by Gasteiger charge is 2.29. The number of hydrogen-bond donors (Lipinski definition) is 2. The average Bonchev–Trinajstić information content (AvgIpc) is 2.88. The van der Waals surface area contributed by atoms with E-state index in [-0.39, 0.29) is 0 Å². The first-order valence-corrected chi connectivity index (χ1v) is 6.12. The van der Waals surface area contributed by atoms with Gasteiger partial charge in [-0.15, -0.1) is 0 Å². The molecule has 0 spiro atoms. The summed E-state index contributed by atoms with van der Waals surface area (Å²) in [4.78, 5) is 7.46. The van der Waals surface area contributed by atoms with Crippen molar-refractivity contribution in [2.45, 2.75) is 38.8 Å². The lowest BCUT2D eigenvalue weighted by atomic mass is 9.94. The molecule has 4 nitrogen and oxygen atoms in total. The van der Waals surface area contributed by atoms with Gasteiger partial charge in [-0.2, -0.15) is 0 Å². The van der Waals surface area contributed by atoms with E-state index in [0.717, 1.165) is 31.8 Å². The zero-order valence-corrected chi connectivity index (χ0v) is 10.1. The van der Waals surface area contributed by atoms with Gasteiger partial charge in [0, 0.05) is 30.8 Å². The number of nitrogens with one attached hydrogen (secondary N) is 2. The molecule has 0 bridgehead atoms. The smallest absolute Gasteiger partial charge is 0.107 e. The Balaban J connectivity index is 1.94. The Morgan fingerprint density at radius 2 is 2.56 bits per heavy atom. The summed E-state index contributed by atoms with van der Waals surface area (Å²) in [6.45, 7) is 6.17. The molecule has 1 aliphatic rings. The summed E-state index contributed by atoms with van der Waals surface area (Å²) in [5, 5.41) is 3.54. The zero-order chi connectivity index (χ0) is 11.4. The lowest BCUT2D eigenvalue weighted by Crippen LogP contribution is -2.38. The number of nitrogens with zero attached hydrogens (tertiary/aromatic N) is 1. The molecule has 2 N–H and O–H groups in total. The molecule has 2 heterocycles. The van der Waals surface area contributed by atoms with E-state index >= 15 is 0 Å². The maximum Gasteiger partial charge on any atom is 0.107 e. The number of aromatic amines is 1. The molecule has 1 aromatic rings.